The van der Waals surface area contributed by atoms with Crippen molar-refractivity contribution < 1.29 is 0 Å². The Morgan fingerprint density at radius 3 is 2.83 bits per heavy atom. The van der Waals surface area contributed by atoms with Gasteiger partial charge in [0.2, 0.25) is 0 Å². The predicted octanol–water partition coefficient (Wildman–Crippen LogP) is 1.86. The molecule has 0 unspecified atom stereocenters. The molecule has 0 aromatic carbocycles. The lowest BCUT2D eigenvalue weighted by Crippen LogP contribution is -2.25. The van der Waals surface area contributed by atoms with E-state index in [1.807, 2.05) is 6.92 Å². The zero-order chi connectivity index (χ0) is 9.14. The number of nitrogens with zero attached hydrogens (tertiary/aromatic N) is 2. The van der Waals surface area contributed by atoms with Crippen molar-refractivity contribution in [2.75, 3.05) is 0 Å². The molecule has 3 nitrogen and oxygen atoms in total. The van der Waals surface area contributed by atoms with Crippen LogP contribution in [0.5, 0.6) is 0 Å². The molecule has 5 heteroatoms. The zero-order valence-electron chi connectivity index (χ0n) is 6.55. The van der Waals surface area contributed by atoms with Crippen molar-refractivity contribution in [2.45, 2.75) is 19.9 Å². The van der Waals surface area contributed by atoms with Crippen LogP contribution in [0.4, 0.5) is 0 Å². The van der Waals surface area contributed by atoms with Crippen LogP contribution < -0.4 is 5.56 Å². The van der Waals surface area contributed by atoms with Crippen molar-refractivity contribution >= 4 is 45.2 Å². The fraction of sp³-hybridized carbons (Fsp3) is 0.429. The van der Waals surface area contributed by atoms with E-state index >= 15 is 0 Å². The average molecular weight is 390 g/mol. The molecule has 0 aliphatic rings. The fourth-order valence-electron chi connectivity index (χ4n) is 0.816. The van der Waals surface area contributed by atoms with E-state index < -0.39 is 0 Å². The van der Waals surface area contributed by atoms with Gasteiger partial charge in [-0.2, -0.15) is 5.10 Å². The maximum absolute atomic E-state index is 11.5. The van der Waals surface area contributed by atoms with Crippen LogP contribution in [-0.4, -0.2) is 9.78 Å². The first-order valence-electron chi connectivity index (χ1n) is 3.58. The van der Waals surface area contributed by atoms with E-state index in [9.17, 15) is 4.79 Å². The smallest absolute Gasteiger partial charge is 0.267 e. The summed E-state index contributed by atoms with van der Waals surface area (Å²) in [6.07, 6.45) is 2.66. The van der Waals surface area contributed by atoms with Gasteiger partial charge in [-0.1, -0.05) is 6.92 Å². The number of rotatable bonds is 2. The number of aryl methyl sites for hydroxylation is 1. The number of halogens is 2. The van der Waals surface area contributed by atoms with E-state index in [1.54, 1.807) is 6.20 Å². The highest BCUT2D eigenvalue weighted by Gasteiger charge is 2.04. The highest BCUT2D eigenvalue weighted by atomic mass is 127. The molecule has 1 heterocycles. The fourth-order valence-corrected chi connectivity index (χ4v) is 1.59. The first-order valence-corrected chi connectivity index (χ1v) is 5.73. The second-order valence-electron chi connectivity index (χ2n) is 2.33. The van der Waals surface area contributed by atoms with Gasteiger partial charge in [-0.3, -0.25) is 4.79 Å². The van der Waals surface area contributed by atoms with Gasteiger partial charge in [0.1, 0.15) is 0 Å². The van der Waals surface area contributed by atoms with E-state index in [4.69, 9.17) is 0 Å². The molecule has 0 spiro atoms. The van der Waals surface area contributed by atoms with Crippen LogP contribution in [-0.2, 0) is 6.54 Å². The minimum atomic E-state index is 0.0179. The Hall–Kier alpha value is 0.340. The molecule has 0 aliphatic carbocycles. The number of aromatic nitrogens is 2. The van der Waals surface area contributed by atoms with Crippen LogP contribution >= 0.6 is 45.2 Å². The highest BCUT2D eigenvalue weighted by Crippen LogP contribution is 2.07. The normalized spacial score (nSPS) is 10.2. The molecular formula is C7H8I2N2O. The largest absolute Gasteiger partial charge is 0.281 e. The van der Waals surface area contributed by atoms with Gasteiger partial charge in [-0.15, -0.1) is 0 Å². The summed E-state index contributed by atoms with van der Waals surface area (Å²) in [6.45, 7) is 2.73. The van der Waals surface area contributed by atoms with Crippen molar-refractivity contribution in [2.24, 2.45) is 0 Å². The van der Waals surface area contributed by atoms with Crippen molar-refractivity contribution in [3.05, 3.63) is 23.7 Å². The number of hydrogen-bond acceptors (Lipinski definition) is 2. The lowest BCUT2D eigenvalue weighted by molar-refractivity contribution is 0.563. The molecule has 0 bridgehead atoms. The summed E-state index contributed by atoms with van der Waals surface area (Å²) in [4.78, 5) is 11.5. The van der Waals surface area contributed by atoms with Crippen molar-refractivity contribution in [1.29, 1.82) is 0 Å². The maximum Gasteiger partial charge on any atom is 0.281 e. The van der Waals surface area contributed by atoms with Crippen LogP contribution in [0.15, 0.2) is 11.0 Å². The SMILES string of the molecule is CCCn1ncc(I)c(I)c1=O. The number of hydrogen-bond donors (Lipinski definition) is 0. The summed E-state index contributed by atoms with van der Waals surface area (Å²) >= 11 is 4.17. The Kier molecular flexibility index (Phi) is 3.94. The maximum atomic E-state index is 11.5. The molecule has 0 amide bonds. The second-order valence-corrected chi connectivity index (χ2v) is 4.58. The summed E-state index contributed by atoms with van der Waals surface area (Å²) in [5.41, 5.74) is 0.0179. The van der Waals surface area contributed by atoms with Gasteiger partial charge < -0.3 is 0 Å². The summed E-state index contributed by atoms with van der Waals surface area (Å²) in [7, 11) is 0. The first kappa shape index (κ1) is 10.4. The van der Waals surface area contributed by atoms with E-state index in [0.717, 1.165) is 13.6 Å². The molecule has 1 aromatic rings. The van der Waals surface area contributed by atoms with Crippen molar-refractivity contribution in [1.82, 2.24) is 9.78 Å². The van der Waals surface area contributed by atoms with Gasteiger partial charge in [-0.25, -0.2) is 4.68 Å². The average Bonchev–Trinajstić information content (AvgIpc) is 2.07. The molecule has 1 rings (SSSR count). The minimum absolute atomic E-state index is 0.0179. The van der Waals surface area contributed by atoms with Crippen LogP contribution in [0, 0.1) is 7.14 Å². The van der Waals surface area contributed by atoms with Gasteiger partial charge in [0, 0.05) is 6.54 Å². The van der Waals surface area contributed by atoms with Gasteiger partial charge >= 0.3 is 0 Å². The summed E-state index contributed by atoms with van der Waals surface area (Å²) in [5, 5.41) is 4.02. The Morgan fingerprint density at radius 1 is 1.58 bits per heavy atom. The van der Waals surface area contributed by atoms with Crippen LogP contribution in [0.1, 0.15) is 13.3 Å². The summed E-state index contributed by atoms with van der Waals surface area (Å²) in [5.74, 6) is 0. The Balaban J connectivity index is 3.18. The summed E-state index contributed by atoms with van der Waals surface area (Å²) in [6, 6.07) is 0. The van der Waals surface area contributed by atoms with E-state index in [-0.39, 0.29) is 5.56 Å². The molecule has 0 N–H and O–H groups in total. The third-order valence-corrected chi connectivity index (χ3v) is 4.27. The summed E-state index contributed by atoms with van der Waals surface area (Å²) < 4.78 is 3.19. The van der Waals surface area contributed by atoms with Gasteiger partial charge in [0.05, 0.1) is 13.3 Å². The van der Waals surface area contributed by atoms with E-state index in [0.29, 0.717) is 6.54 Å². The molecule has 0 fully saturated rings. The molecular weight excluding hydrogens is 382 g/mol. The molecule has 0 saturated heterocycles. The minimum Gasteiger partial charge on any atom is -0.267 e. The molecule has 1 aromatic heterocycles. The van der Waals surface area contributed by atoms with Crippen molar-refractivity contribution in [3.63, 3.8) is 0 Å². The van der Waals surface area contributed by atoms with E-state index in [1.165, 1.54) is 4.68 Å². The first-order chi connectivity index (χ1) is 5.66. The zero-order valence-corrected chi connectivity index (χ0v) is 10.9. The molecule has 12 heavy (non-hydrogen) atoms. The molecule has 0 saturated carbocycles. The highest BCUT2D eigenvalue weighted by molar-refractivity contribution is 14.1. The molecule has 0 radical (unpaired) electrons. The van der Waals surface area contributed by atoms with Crippen molar-refractivity contribution in [3.8, 4) is 0 Å². The van der Waals surface area contributed by atoms with Crippen LogP contribution in [0.3, 0.4) is 0 Å². The van der Waals surface area contributed by atoms with Crippen LogP contribution in [0.25, 0.3) is 0 Å². The standard InChI is InChI=1S/C7H8I2N2O/c1-2-3-11-7(12)6(9)5(8)4-10-11/h4H,2-3H2,1H3. The molecule has 0 aliphatic heterocycles. The Morgan fingerprint density at radius 2 is 2.25 bits per heavy atom. The monoisotopic (exact) mass is 390 g/mol. The Labute approximate surface area is 97.8 Å². The van der Waals surface area contributed by atoms with Crippen LogP contribution in [0.2, 0.25) is 0 Å². The third-order valence-electron chi connectivity index (χ3n) is 1.38. The van der Waals surface area contributed by atoms with Gasteiger partial charge in [-0.05, 0) is 51.6 Å². The Bertz CT molecular complexity index is 335. The third kappa shape index (κ3) is 2.18. The van der Waals surface area contributed by atoms with E-state index in [2.05, 4.69) is 50.3 Å². The quantitative estimate of drug-likeness (QED) is 0.724. The topological polar surface area (TPSA) is 34.9 Å². The van der Waals surface area contributed by atoms with Gasteiger partial charge in [0.15, 0.2) is 0 Å². The molecule has 0 atom stereocenters. The lowest BCUT2D eigenvalue weighted by atomic mass is 10.5. The lowest BCUT2D eigenvalue weighted by Gasteiger charge is -2.02. The predicted molar refractivity (Wildman–Crippen MR) is 64.2 cm³/mol. The molecule has 66 valence electrons. The van der Waals surface area contributed by atoms with Gasteiger partial charge in [0.25, 0.3) is 5.56 Å². The second kappa shape index (κ2) is 4.54.